The molecule has 0 aromatic carbocycles. The topological polar surface area (TPSA) is 98.2 Å². The monoisotopic (exact) mass is 366 g/mol. The summed E-state index contributed by atoms with van der Waals surface area (Å²) in [5.74, 6) is -1.67. The van der Waals surface area contributed by atoms with Crippen LogP contribution in [0.2, 0.25) is 0 Å². The summed E-state index contributed by atoms with van der Waals surface area (Å²) in [5, 5.41) is 0. The van der Waals surface area contributed by atoms with Gasteiger partial charge >= 0.3 is 11.7 Å². The van der Waals surface area contributed by atoms with E-state index in [9.17, 15) is 9.59 Å². The molecule has 146 valence electrons. The zero-order chi connectivity index (χ0) is 19.8. The lowest BCUT2D eigenvalue weighted by molar-refractivity contribution is -0.151. The molecule has 26 heavy (non-hydrogen) atoms. The fourth-order valence-corrected chi connectivity index (χ4v) is 2.14. The van der Waals surface area contributed by atoms with Crippen molar-refractivity contribution in [2.24, 2.45) is 0 Å². The van der Waals surface area contributed by atoms with Crippen molar-refractivity contribution >= 4 is 17.5 Å². The molecule has 0 saturated carbocycles. The Morgan fingerprint density at radius 3 is 2.50 bits per heavy atom. The summed E-state index contributed by atoms with van der Waals surface area (Å²) in [5.41, 5.74) is 8.21. The molecule has 0 saturated heterocycles. The first-order valence-electron chi connectivity index (χ1n) is 8.93. The van der Waals surface area contributed by atoms with Gasteiger partial charge in [-0.2, -0.15) is 4.79 Å². The second-order valence-electron chi connectivity index (χ2n) is 5.57. The number of unbranched alkanes of at least 4 members (excludes halogenated alkanes) is 3. The van der Waals surface area contributed by atoms with Crippen molar-refractivity contribution < 1.29 is 28.6 Å². The quantitative estimate of drug-likeness (QED) is 0.0687. The molecular weight excluding hydrogens is 336 g/mol. The molecule has 0 aliphatic carbocycles. The van der Waals surface area contributed by atoms with Gasteiger partial charge in [0, 0.05) is 13.0 Å². The van der Waals surface area contributed by atoms with E-state index >= 15 is 0 Å². The summed E-state index contributed by atoms with van der Waals surface area (Å²) < 4.78 is 15.4. The largest absolute Gasteiger partial charge is 0.460 e. The van der Waals surface area contributed by atoms with E-state index in [0.29, 0.717) is 6.61 Å². The van der Waals surface area contributed by atoms with E-state index in [2.05, 4.69) is 16.5 Å². The fourth-order valence-electron chi connectivity index (χ4n) is 2.14. The third-order valence-electron chi connectivity index (χ3n) is 3.44. The van der Waals surface area contributed by atoms with Gasteiger partial charge in [0.2, 0.25) is 0 Å². The summed E-state index contributed by atoms with van der Waals surface area (Å²) in [6.07, 6.45) is 10.6. The van der Waals surface area contributed by atoms with Crippen LogP contribution in [0.5, 0.6) is 0 Å². The van der Waals surface area contributed by atoms with Gasteiger partial charge in [0.05, 0.1) is 13.2 Å². The smallest absolute Gasteiger partial charge is 0.441 e. The van der Waals surface area contributed by atoms with Crippen LogP contribution in [0.1, 0.15) is 52.9 Å². The summed E-state index contributed by atoms with van der Waals surface area (Å²) in [6.45, 7) is 6.17. The fraction of sp³-hybridized carbons (Fsp3) is 0.632. The number of carbonyl (C=O) groups excluding carboxylic acids is 2. The lowest BCUT2D eigenvalue weighted by Crippen LogP contribution is -2.31. The molecule has 0 bridgehead atoms. The van der Waals surface area contributed by atoms with Crippen LogP contribution >= 0.6 is 0 Å². The van der Waals surface area contributed by atoms with E-state index < -0.39 is 29.9 Å². The molecule has 0 aliphatic rings. The van der Waals surface area contributed by atoms with Crippen LogP contribution < -0.4 is 0 Å². The Hall–Kier alpha value is -2.08. The van der Waals surface area contributed by atoms with Crippen LogP contribution in [0.25, 0.3) is 5.53 Å². The summed E-state index contributed by atoms with van der Waals surface area (Å²) in [4.78, 5) is 26.3. The maximum Gasteiger partial charge on any atom is 0.441 e. The van der Waals surface area contributed by atoms with Crippen LogP contribution in [0, 0.1) is 0 Å². The molecule has 0 radical (unpaired) electrons. The first kappa shape index (κ1) is 23.9. The lowest BCUT2D eigenvalue weighted by atomic mass is 10.1. The van der Waals surface area contributed by atoms with E-state index in [4.69, 9.17) is 15.0 Å². The molecular formula is C19H30N2O5. The number of Topliss-reactive ketones (excluding diaryl/α,β-unsaturated/α-hetero) is 1. The highest BCUT2D eigenvalue weighted by atomic mass is 16.7. The van der Waals surface area contributed by atoms with Crippen molar-refractivity contribution in [2.45, 2.75) is 65.3 Å². The second-order valence-corrected chi connectivity index (χ2v) is 5.57. The number of esters is 1. The minimum Gasteiger partial charge on any atom is -0.460 e. The van der Waals surface area contributed by atoms with Gasteiger partial charge in [-0.3, -0.25) is 4.79 Å². The van der Waals surface area contributed by atoms with Crippen LogP contribution in [-0.2, 0) is 23.8 Å². The maximum atomic E-state index is 12.2. The predicted octanol–water partition coefficient (Wildman–Crippen LogP) is 3.25. The average molecular weight is 366 g/mol. The first-order valence-corrected chi connectivity index (χ1v) is 8.93. The first-order chi connectivity index (χ1) is 12.5. The Morgan fingerprint density at radius 2 is 1.92 bits per heavy atom. The van der Waals surface area contributed by atoms with E-state index in [0.717, 1.165) is 20.0 Å². The molecule has 2 atom stereocenters. The standard InChI is InChI=1S/C19H30N2O5/c1-5-7-8-9-10-11-12-13-16(26-15(3)25-6-2)14-17(22)18(21-20)19(23)24-4/h10-13,15-16H,5-9,14H2,1-4H3/b11-10+,13-12+. The Kier molecular flexibility index (Phi) is 14.0. The molecule has 0 aromatic heterocycles. The molecule has 0 N–H and O–H groups in total. The zero-order valence-corrected chi connectivity index (χ0v) is 16.1. The van der Waals surface area contributed by atoms with Crippen molar-refractivity contribution in [3.8, 4) is 0 Å². The minimum absolute atomic E-state index is 0.175. The molecule has 0 rings (SSSR count). The zero-order valence-electron chi connectivity index (χ0n) is 16.1. The summed E-state index contributed by atoms with van der Waals surface area (Å²) in [7, 11) is 1.11. The number of rotatable bonds is 14. The molecule has 0 aromatic rings. The summed E-state index contributed by atoms with van der Waals surface area (Å²) >= 11 is 0. The molecule has 0 fully saturated rings. The Bertz CT molecular complexity index is 536. The van der Waals surface area contributed by atoms with Gasteiger partial charge < -0.3 is 19.7 Å². The van der Waals surface area contributed by atoms with Crippen LogP contribution in [-0.4, -0.2) is 48.4 Å². The van der Waals surface area contributed by atoms with Gasteiger partial charge in [-0.1, -0.05) is 44.1 Å². The lowest BCUT2D eigenvalue weighted by Gasteiger charge is -2.18. The number of hydrogen-bond donors (Lipinski definition) is 0. The van der Waals surface area contributed by atoms with Crippen molar-refractivity contribution in [3.05, 3.63) is 29.8 Å². The molecule has 2 unspecified atom stereocenters. The molecule has 7 heteroatoms. The third kappa shape index (κ3) is 10.7. The highest BCUT2D eigenvalue weighted by Crippen LogP contribution is 2.09. The SMILES string of the molecule is CCCCC/C=C/C=C/C(CC(=O)C(=[N+]=[N-])C(=O)OC)OC(C)OCC. The van der Waals surface area contributed by atoms with Crippen molar-refractivity contribution in [2.75, 3.05) is 13.7 Å². The highest BCUT2D eigenvalue weighted by Gasteiger charge is 2.32. The molecule has 0 spiro atoms. The minimum atomic E-state index is -0.992. The number of ether oxygens (including phenoxy) is 3. The van der Waals surface area contributed by atoms with Crippen LogP contribution in [0.4, 0.5) is 0 Å². The predicted molar refractivity (Wildman–Crippen MR) is 98.6 cm³/mol. The third-order valence-corrected chi connectivity index (χ3v) is 3.44. The van der Waals surface area contributed by atoms with E-state index in [1.807, 2.05) is 19.1 Å². The number of nitrogens with zero attached hydrogens (tertiary/aromatic N) is 2. The number of methoxy groups -OCH3 is 1. The van der Waals surface area contributed by atoms with E-state index in [-0.39, 0.29) is 6.42 Å². The second kappa shape index (κ2) is 15.2. The number of hydrogen-bond acceptors (Lipinski definition) is 5. The van der Waals surface area contributed by atoms with Gasteiger partial charge in [0.25, 0.3) is 5.78 Å². The summed E-state index contributed by atoms with van der Waals surface area (Å²) in [6, 6.07) is 0. The maximum absolute atomic E-state index is 12.2. The Balaban J connectivity index is 4.91. The Labute approximate surface area is 155 Å². The van der Waals surface area contributed by atoms with E-state index in [1.165, 1.54) is 12.8 Å². The van der Waals surface area contributed by atoms with E-state index in [1.54, 1.807) is 19.1 Å². The van der Waals surface area contributed by atoms with Crippen LogP contribution in [0.15, 0.2) is 24.3 Å². The Morgan fingerprint density at radius 1 is 1.19 bits per heavy atom. The highest BCUT2D eigenvalue weighted by molar-refractivity contribution is 6.62. The van der Waals surface area contributed by atoms with Gasteiger partial charge in [-0.15, -0.1) is 0 Å². The molecule has 0 heterocycles. The number of allylic oxidation sites excluding steroid dienone is 3. The van der Waals surface area contributed by atoms with Gasteiger partial charge in [0.15, 0.2) is 6.29 Å². The molecule has 0 amide bonds. The molecule has 0 aliphatic heterocycles. The van der Waals surface area contributed by atoms with Gasteiger partial charge in [-0.25, -0.2) is 4.79 Å². The molecule has 7 nitrogen and oxygen atoms in total. The number of carbonyl (C=O) groups is 2. The van der Waals surface area contributed by atoms with Gasteiger partial charge in [-0.05, 0) is 26.7 Å². The average Bonchev–Trinajstić information content (AvgIpc) is 2.61. The number of ketones is 1. The van der Waals surface area contributed by atoms with Gasteiger partial charge in [0.1, 0.15) is 0 Å². The van der Waals surface area contributed by atoms with Crippen molar-refractivity contribution in [3.63, 3.8) is 0 Å². The van der Waals surface area contributed by atoms with Crippen LogP contribution in [0.3, 0.4) is 0 Å². The normalized spacial score (nSPS) is 13.5. The van der Waals surface area contributed by atoms with Crippen molar-refractivity contribution in [1.82, 2.24) is 0 Å². The van der Waals surface area contributed by atoms with Crippen molar-refractivity contribution in [1.29, 1.82) is 0 Å².